The number of carbonyl (C=O) groups excluding carboxylic acids is 1. The summed E-state index contributed by atoms with van der Waals surface area (Å²) in [6, 6.07) is 8.08. The SMILES string of the molecule is Cc1cc(C(=O)NCC2CCCN2)c2ccc(Br)cc2n1.Cl.Cl. The van der Waals surface area contributed by atoms with Crippen LogP contribution in [0.1, 0.15) is 28.9 Å². The minimum Gasteiger partial charge on any atom is -0.350 e. The monoisotopic (exact) mass is 419 g/mol. The summed E-state index contributed by atoms with van der Waals surface area (Å²) in [5.74, 6) is -0.0264. The van der Waals surface area contributed by atoms with Crippen LogP contribution in [0.5, 0.6) is 0 Å². The number of benzene rings is 1. The van der Waals surface area contributed by atoms with Crippen LogP contribution in [0.2, 0.25) is 0 Å². The minimum atomic E-state index is -0.0264. The standard InChI is InChI=1S/C16H18BrN3O.2ClH/c1-10-7-14(13-5-4-11(17)8-15(13)20-10)16(21)19-9-12-3-2-6-18-12;;/h4-5,7-8,12,18H,2-3,6,9H2,1H3,(H,19,21);2*1H. The summed E-state index contributed by atoms with van der Waals surface area (Å²) < 4.78 is 0.967. The summed E-state index contributed by atoms with van der Waals surface area (Å²) >= 11 is 3.45. The number of carbonyl (C=O) groups is 1. The summed E-state index contributed by atoms with van der Waals surface area (Å²) in [4.78, 5) is 17.0. The van der Waals surface area contributed by atoms with Crippen LogP contribution in [0, 0.1) is 6.92 Å². The number of pyridine rings is 1. The molecule has 1 saturated heterocycles. The molecule has 1 aliphatic heterocycles. The van der Waals surface area contributed by atoms with Gasteiger partial charge in [-0.2, -0.15) is 0 Å². The van der Waals surface area contributed by atoms with E-state index in [0.717, 1.165) is 34.0 Å². The molecule has 1 unspecified atom stereocenters. The summed E-state index contributed by atoms with van der Waals surface area (Å²) in [6.07, 6.45) is 2.31. The lowest BCUT2D eigenvalue weighted by Crippen LogP contribution is -2.37. The summed E-state index contributed by atoms with van der Waals surface area (Å²) in [5.41, 5.74) is 2.39. The van der Waals surface area contributed by atoms with E-state index in [2.05, 4.69) is 31.5 Å². The van der Waals surface area contributed by atoms with Crippen molar-refractivity contribution in [3.8, 4) is 0 Å². The highest BCUT2D eigenvalue weighted by Crippen LogP contribution is 2.22. The Hall–Kier alpha value is -0.880. The molecule has 2 N–H and O–H groups in total. The number of hydrogen-bond donors (Lipinski definition) is 2. The average Bonchev–Trinajstić information content (AvgIpc) is 2.96. The molecule has 1 atom stereocenters. The van der Waals surface area contributed by atoms with Crippen molar-refractivity contribution in [3.05, 3.63) is 40.0 Å². The van der Waals surface area contributed by atoms with Crippen molar-refractivity contribution < 1.29 is 4.79 Å². The third kappa shape index (κ3) is 4.80. The molecule has 0 saturated carbocycles. The van der Waals surface area contributed by atoms with Gasteiger partial charge in [-0.1, -0.05) is 22.0 Å². The molecule has 0 spiro atoms. The van der Waals surface area contributed by atoms with Crippen molar-refractivity contribution in [1.29, 1.82) is 0 Å². The van der Waals surface area contributed by atoms with Crippen molar-refractivity contribution in [3.63, 3.8) is 0 Å². The lowest BCUT2D eigenvalue weighted by Gasteiger charge is -2.13. The molecule has 126 valence electrons. The van der Waals surface area contributed by atoms with E-state index in [1.807, 2.05) is 31.2 Å². The Bertz CT molecular complexity index is 685. The Morgan fingerprint density at radius 1 is 1.39 bits per heavy atom. The number of amides is 1. The second-order valence-electron chi connectivity index (χ2n) is 5.48. The fraction of sp³-hybridized carbons (Fsp3) is 0.375. The van der Waals surface area contributed by atoms with Gasteiger partial charge in [-0.3, -0.25) is 9.78 Å². The van der Waals surface area contributed by atoms with E-state index in [-0.39, 0.29) is 30.7 Å². The number of fused-ring (bicyclic) bond motifs is 1. The maximum Gasteiger partial charge on any atom is 0.252 e. The summed E-state index contributed by atoms with van der Waals surface area (Å²) in [7, 11) is 0. The second-order valence-corrected chi connectivity index (χ2v) is 6.39. The Morgan fingerprint density at radius 3 is 2.87 bits per heavy atom. The molecule has 1 amide bonds. The Kier molecular flexibility index (Phi) is 7.74. The zero-order valence-electron chi connectivity index (χ0n) is 12.8. The fourth-order valence-electron chi connectivity index (χ4n) is 2.76. The first-order valence-electron chi connectivity index (χ1n) is 7.22. The lowest BCUT2D eigenvalue weighted by molar-refractivity contribution is 0.0952. The minimum absolute atomic E-state index is 0. The predicted octanol–water partition coefficient (Wildman–Crippen LogP) is 3.63. The number of halogens is 3. The highest BCUT2D eigenvalue weighted by Gasteiger charge is 2.17. The largest absolute Gasteiger partial charge is 0.350 e. The molecular formula is C16H20BrCl2N3O. The number of aromatic nitrogens is 1. The predicted molar refractivity (Wildman–Crippen MR) is 102 cm³/mol. The smallest absolute Gasteiger partial charge is 0.252 e. The Morgan fingerprint density at radius 2 is 2.17 bits per heavy atom. The van der Waals surface area contributed by atoms with Gasteiger partial charge in [-0.05, 0) is 44.5 Å². The molecule has 1 aliphatic rings. The van der Waals surface area contributed by atoms with Crippen LogP contribution in [-0.4, -0.2) is 30.0 Å². The van der Waals surface area contributed by atoms with E-state index in [9.17, 15) is 4.79 Å². The summed E-state index contributed by atoms with van der Waals surface area (Å²) in [6.45, 7) is 3.64. The van der Waals surface area contributed by atoms with E-state index in [1.165, 1.54) is 6.42 Å². The van der Waals surface area contributed by atoms with Gasteiger partial charge in [0.15, 0.2) is 0 Å². The van der Waals surface area contributed by atoms with E-state index in [4.69, 9.17) is 0 Å². The first-order valence-corrected chi connectivity index (χ1v) is 8.01. The topological polar surface area (TPSA) is 54.0 Å². The maximum absolute atomic E-state index is 12.5. The highest BCUT2D eigenvalue weighted by molar-refractivity contribution is 9.10. The zero-order chi connectivity index (χ0) is 14.8. The van der Waals surface area contributed by atoms with E-state index < -0.39 is 0 Å². The normalized spacial score (nSPS) is 16.5. The number of nitrogens with zero attached hydrogens (tertiary/aromatic N) is 1. The zero-order valence-corrected chi connectivity index (χ0v) is 16.0. The van der Waals surface area contributed by atoms with Gasteiger partial charge in [0.2, 0.25) is 0 Å². The molecule has 23 heavy (non-hydrogen) atoms. The first-order chi connectivity index (χ1) is 10.1. The van der Waals surface area contributed by atoms with E-state index >= 15 is 0 Å². The molecule has 1 fully saturated rings. The molecule has 1 aromatic heterocycles. The lowest BCUT2D eigenvalue weighted by atomic mass is 10.1. The second kappa shape index (κ2) is 8.83. The molecule has 4 nitrogen and oxygen atoms in total. The molecule has 0 bridgehead atoms. The van der Waals surface area contributed by atoms with Crippen LogP contribution in [0.4, 0.5) is 0 Å². The highest BCUT2D eigenvalue weighted by atomic mass is 79.9. The van der Waals surface area contributed by atoms with Crippen molar-refractivity contribution >= 4 is 57.6 Å². The van der Waals surface area contributed by atoms with E-state index in [0.29, 0.717) is 18.2 Å². The molecule has 0 aliphatic carbocycles. The van der Waals surface area contributed by atoms with Gasteiger partial charge in [0.25, 0.3) is 5.91 Å². The van der Waals surface area contributed by atoms with Gasteiger partial charge in [-0.25, -0.2) is 0 Å². The molecule has 3 rings (SSSR count). The Labute approximate surface area is 156 Å². The van der Waals surface area contributed by atoms with Crippen molar-refractivity contribution in [2.24, 2.45) is 0 Å². The van der Waals surface area contributed by atoms with E-state index in [1.54, 1.807) is 0 Å². The van der Waals surface area contributed by atoms with Gasteiger partial charge < -0.3 is 10.6 Å². The van der Waals surface area contributed by atoms with Crippen molar-refractivity contribution in [1.82, 2.24) is 15.6 Å². The van der Waals surface area contributed by atoms with Crippen LogP contribution in [0.3, 0.4) is 0 Å². The van der Waals surface area contributed by atoms with Crippen LogP contribution in [0.15, 0.2) is 28.7 Å². The molecule has 7 heteroatoms. The average molecular weight is 421 g/mol. The first kappa shape index (κ1) is 20.2. The van der Waals surface area contributed by atoms with Gasteiger partial charge >= 0.3 is 0 Å². The third-order valence-corrected chi connectivity index (χ3v) is 4.31. The fourth-order valence-corrected chi connectivity index (χ4v) is 3.11. The van der Waals surface area contributed by atoms with Gasteiger partial charge in [0.1, 0.15) is 0 Å². The van der Waals surface area contributed by atoms with Crippen LogP contribution >= 0.6 is 40.7 Å². The van der Waals surface area contributed by atoms with Crippen LogP contribution < -0.4 is 10.6 Å². The number of nitrogens with one attached hydrogen (secondary N) is 2. The molecule has 2 aromatic rings. The van der Waals surface area contributed by atoms with Crippen molar-refractivity contribution in [2.45, 2.75) is 25.8 Å². The summed E-state index contributed by atoms with van der Waals surface area (Å²) in [5, 5.41) is 7.31. The molecule has 1 aromatic carbocycles. The maximum atomic E-state index is 12.5. The number of hydrogen-bond acceptors (Lipinski definition) is 3. The Balaban J connectivity index is 0.00000132. The van der Waals surface area contributed by atoms with Gasteiger partial charge in [-0.15, -0.1) is 24.8 Å². The van der Waals surface area contributed by atoms with Crippen molar-refractivity contribution in [2.75, 3.05) is 13.1 Å². The van der Waals surface area contributed by atoms with Crippen LogP contribution in [0.25, 0.3) is 10.9 Å². The molecule has 2 heterocycles. The molecular weight excluding hydrogens is 401 g/mol. The van der Waals surface area contributed by atoms with Gasteiger partial charge in [0, 0.05) is 28.1 Å². The van der Waals surface area contributed by atoms with Crippen LogP contribution in [-0.2, 0) is 0 Å². The number of aryl methyl sites for hydroxylation is 1. The molecule has 0 radical (unpaired) electrons. The third-order valence-electron chi connectivity index (χ3n) is 3.82. The number of rotatable bonds is 3. The van der Waals surface area contributed by atoms with Gasteiger partial charge in [0.05, 0.1) is 11.1 Å². The quantitative estimate of drug-likeness (QED) is 0.796.